The molecule has 1 aromatic rings. The Morgan fingerprint density at radius 1 is 1.47 bits per heavy atom. The number of hydrogen-bond acceptors (Lipinski definition) is 4. The van der Waals surface area contributed by atoms with E-state index in [-0.39, 0.29) is 0 Å². The Hall–Kier alpha value is -1.97. The van der Waals surface area contributed by atoms with Gasteiger partial charge in [-0.05, 0) is 23.8 Å². The van der Waals surface area contributed by atoms with Gasteiger partial charge < -0.3 is 15.3 Å². The van der Waals surface area contributed by atoms with E-state index >= 15 is 0 Å². The van der Waals surface area contributed by atoms with Gasteiger partial charge in [0.15, 0.2) is 11.5 Å². The van der Waals surface area contributed by atoms with Crippen LogP contribution in [0.3, 0.4) is 0 Å². The molecule has 0 atom stereocenters. The molecule has 0 unspecified atom stereocenters. The van der Waals surface area contributed by atoms with Crippen molar-refractivity contribution in [1.82, 2.24) is 0 Å². The van der Waals surface area contributed by atoms with E-state index in [4.69, 9.17) is 15.3 Å². The summed E-state index contributed by atoms with van der Waals surface area (Å²) in [6.07, 6.45) is 3.22. The van der Waals surface area contributed by atoms with Gasteiger partial charge in [0.05, 0.1) is 13.3 Å². The highest BCUT2D eigenvalue weighted by molar-refractivity contribution is 5.80. The van der Waals surface area contributed by atoms with Crippen LogP contribution >= 0.6 is 0 Å². The van der Waals surface area contributed by atoms with Gasteiger partial charge in [0.1, 0.15) is 6.61 Å². The molecule has 1 aromatic carbocycles. The summed E-state index contributed by atoms with van der Waals surface area (Å²) in [6.45, 7) is 4.02. The highest BCUT2D eigenvalue weighted by atomic mass is 16.5. The molecule has 0 heterocycles. The van der Waals surface area contributed by atoms with Crippen LogP contribution in [0.25, 0.3) is 0 Å². The minimum absolute atomic E-state index is 0.445. The monoisotopic (exact) mass is 206 g/mol. The molecule has 0 aliphatic carbocycles. The van der Waals surface area contributed by atoms with Crippen LogP contribution in [0.2, 0.25) is 0 Å². The predicted molar refractivity (Wildman–Crippen MR) is 60.5 cm³/mol. The summed E-state index contributed by atoms with van der Waals surface area (Å²) in [7, 11) is 1.58. The van der Waals surface area contributed by atoms with Crippen molar-refractivity contribution in [2.24, 2.45) is 10.9 Å². The lowest BCUT2D eigenvalue weighted by Gasteiger charge is -2.09. The highest BCUT2D eigenvalue weighted by Gasteiger charge is 2.03. The molecule has 1 rings (SSSR count). The zero-order chi connectivity index (χ0) is 11.1. The number of rotatable bonds is 5. The predicted octanol–water partition coefficient (Wildman–Crippen LogP) is 1.55. The summed E-state index contributed by atoms with van der Waals surface area (Å²) in [4.78, 5) is 0. The van der Waals surface area contributed by atoms with Gasteiger partial charge in [0.25, 0.3) is 0 Å². The zero-order valence-corrected chi connectivity index (χ0v) is 8.64. The van der Waals surface area contributed by atoms with Gasteiger partial charge in [0.2, 0.25) is 0 Å². The molecule has 0 aliphatic rings. The molecule has 0 saturated heterocycles. The Labute approximate surface area is 89.0 Å². The molecule has 80 valence electrons. The fourth-order valence-corrected chi connectivity index (χ4v) is 1.12. The quantitative estimate of drug-likeness (QED) is 0.344. The van der Waals surface area contributed by atoms with Crippen LogP contribution in [-0.4, -0.2) is 19.9 Å². The van der Waals surface area contributed by atoms with Gasteiger partial charge in [-0.25, -0.2) is 0 Å². The van der Waals surface area contributed by atoms with Crippen molar-refractivity contribution in [3.63, 3.8) is 0 Å². The zero-order valence-electron chi connectivity index (χ0n) is 8.64. The minimum atomic E-state index is 0.445. The number of methoxy groups -OCH3 is 1. The van der Waals surface area contributed by atoms with Gasteiger partial charge in [0, 0.05) is 0 Å². The summed E-state index contributed by atoms with van der Waals surface area (Å²) < 4.78 is 10.6. The van der Waals surface area contributed by atoms with Crippen LogP contribution in [-0.2, 0) is 0 Å². The topological polar surface area (TPSA) is 56.8 Å². The second kappa shape index (κ2) is 5.70. The standard InChI is InChI=1S/C11H14N2O2/c1-3-6-15-10-5-4-9(8-13-12)7-11(10)14-2/h3-5,7-8H,1,6,12H2,2H3/b13-8-. The highest BCUT2D eigenvalue weighted by Crippen LogP contribution is 2.27. The van der Waals surface area contributed by atoms with Crippen molar-refractivity contribution in [1.29, 1.82) is 0 Å². The summed E-state index contributed by atoms with van der Waals surface area (Å²) in [5.74, 6) is 6.37. The molecule has 0 saturated carbocycles. The van der Waals surface area contributed by atoms with Crippen molar-refractivity contribution >= 4 is 6.21 Å². The van der Waals surface area contributed by atoms with E-state index in [2.05, 4.69) is 11.7 Å². The number of nitrogens with zero attached hydrogens (tertiary/aromatic N) is 1. The number of benzene rings is 1. The summed E-state index contributed by atoms with van der Waals surface area (Å²) in [5.41, 5.74) is 0.861. The van der Waals surface area contributed by atoms with Gasteiger partial charge in [-0.2, -0.15) is 5.10 Å². The van der Waals surface area contributed by atoms with Crippen LogP contribution in [0.1, 0.15) is 5.56 Å². The van der Waals surface area contributed by atoms with Crippen LogP contribution in [0, 0.1) is 0 Å². The maximum absolute atomic E-state index is 5.39. The Kier molecular flexibility index (Phi) is 4.22. The lowest BCUT2D eigenvalue weighted by Crippen LogP contribution is -1.97. The fourth-order valence-electron chi connectivity index (χ4n) is 1.12. The first-order valence-corrected chi connectivity index (χ1v) is 4.46. The van der Waals surface area contributed by atoms with Crippen LogP contribution in [0.5, 0.6) is 11.5 Å². The third-order valence-corrected chi connectivity index (χ3v) is 1.77. The van der Waals surface area contributed by atoms with Gasteiger partial charge in [-0.3, -0.25) is 0 Å². The molecular weight excluding hydrogens is 192 g/mol. The smallest absolute Gasteiger partial charge is 0.161 e. The van der Waals surface area contributed by atoms with E-state index in [1.54, 1.807) is 31.5 Å². The molecule has 4 nitrogen and oxygen atoms in total. The van der Waals surface area contributed by atoms with E-state index in [1.807, 2.05) is 6.07 Å². The second-order valence-electron chi connectivity index (χ2n) is 2.79. The van der Waals surface area contributed by atoms with E-state index in [0.717, 1.165) is 5.56 Å². The van der Waals surface area contributed by atoms with Crippen LogP contribution in [0.4, 0.5) is 0 Å². The van der Waals surface area contributed by atoms with Gasteiger partial charge >= 0.3 is 0 Å². The Balaban J connectivity index is 2.92. The number of nitrogens with two attached hydrogens (primary N) is 1. The molecular formula is C11H14N2O2. The molecule has 15 heavy (non-hydrogen) atoms. The molecule has 0 aromatic heterocycles. The van der Waals surface area contributed by atoms with Crippen LogP contribution < -0.4 is 15.3 Å². The van der Waals surface area contributed by atoms with Crippen molar-refractivity contribution in [2.75, 3.05) is 13.7 Å². The van der Waals surface area contributed by atoms with Crippen molar-refractivity contribution in [3.05, 3.63) is 36.4 Å². The van der Waals surface area contributed by atoms with E-state index in [1.165, 1.54) is 0 Å². The maximum Gasteiger partial charge on any atom is 0.161 e. The molecule has 2 N–H and O–H groups in total. The molecule has 0 spiro atoms. The first-order chi connectivity index (χ1) is 7.31. The number of hydrogen-bond donors (Lipinski definition) is 1. The summed E-state index contributed by atoms with van der Waals surface area (Å²) >= 11 is 0. The normalized spacial score (nSPS) is 10.2. The maximum atomic E-state index is 5.39. The van der Waals surface area contributed by atoms with Crippen molar-refractivity contribution in [2.45, 2.75) is 0 Å². The average molecular weight is 206 g/mol. The minimum Gasteiger partial charge on any atom is -0.493 e. The average Bonchev–Trinajstić information content (AvgIpc) is 2.27. The molecule has 0 radical (unpaired) electrons. The first-order valence-electron chi connectivity index (χ1n) is 4.46. The number of ether oxygens (including phenoxy) is 2. The first kappa shape index (κ1) is 11.1. The van der Waals surface area contributed by atoms with E-state index in [9.17, 15) is 0 Å². The van der Waals surface area contributed by atoms with Crippen molar-refractivity contribution < 1.29 is 9.47 Å². The molecule has 0 aliphatic heterocycles. The lowest BCUT2D eigenvalue weighted by atomic mass is 10.2. The molecule has 4 heteroatoms. The molecule has 0 bridgehead atoms. The van der Waals surface area contributed by atoms with Gasteiger partial charge in [-0.1, -0.05) is 12.7 Å². The largest absolute Gasteiger partial charge is 0.493 e. The summed E-state index contributed by atoms with van der Waals surface area (Å²) in [6, 6.07) is 5.45. The Bertz CT molecular complexity index is 362. The summed E-state index contributed by atoms with van der Waals surface area (Å²) in [5, 5.41) is 3.44. The van der Waals surface area contributed by atoms with E-state index < -0.39 is 0 Å². The second-order valence-corrected chi connectivity index (χ2v) is 2.79. The fraction of sp³-hybridized carbons (Fsp3) is 0.182. The molecule has 0 amide bonds. The SMILES string of the molecule is C=CCOc1ccc(/C=N\N)cc1OC. The number of hydrazone groups is 1. The lowest BCUT2D eigenvalue weighted by molar-refractivity contribution is 0.326. The molecule has 0 fully saturated rings. The van der Waals surface area contributed by atoms with Crippen molar-refractivity contribution in [3.8, 4) is 11.5 Å². The van der Waals surface area contributed by atoms with Gasteiger partial charge in [-0.15, -0.1) is 0 Å². The Morgan fingerprint density at radius 2 is 2.27 bits per heavy atom. The van der Waals surface area contributed by atoms with E-state index in [0.29, 0.717) is 18.1 Å². The Morgan fingerprint density at radius 3 is 2.87 bits per heavy atom. The third-order valence-electron chi connectivity index (χ3n) is 1.77. The third kappa shape index (κ3) is 3.02. The van der Waals surface area contributed by atoms with Crippen LogP contribution in [0.15, 0.2) is 36.0 Å².